The van der Waals surface area contributed by atoms with Gasteiger partial charge in [0.15, 0.2) is 0 Å². The molecule has 7 fully saturated rings. The molecule has 6 nitrogen and oxygen atoms in total. The van der Waals surface area contributed by atoms with Crippen molar-refractivity contribution >= 4 is 11.9 Å². The third-order valence-electron chi connectivity index (χ3n) is 17.4. The zero-order valence-electron chi connectivity index (χ0n) is 31.3. The number of carbonyl (C=O) groups excluding carboxylic acids is 2. The minimum absolute atomic E-state index is 0.00866. The monoisotopic (exact) mass is 654 g/mol. The summed E-state index contributed by atoms with van der Waals surface area (Å²) in [5.74, 6) is 3.49. The molecule has 6 aliphatic carbocycles. The number of hydrogen-bond donors (Lipinski definition) is 0. The molecule has 10 atom stereocenters. The minimum atomic E-state index is -0.168. The highest BCUT2D eigenvalue weighted by Gasteiger charge is 2.73. The average Bonchev–Trinajstić information content (AvgIpc) is 3.64. The molecule has 0 aromatic heterocycles. The van der Waals surface area contributed by atoms with Gasteiger partial charge in [0.2, 0.25) is 5.91 Å². The van der Waals surface area contributed by atoms with Gasteiger partial charge in [-0.2, -0.15) is 0 Å². The lowest BCUT2D eigenvalue weighted by Crippen LogP contribution is -2.67. The number of nitrogens with zero attached hydrogens (tertiary/aromatic N) is 1. The molecule has 0 N–H and O–H groups in total. The Labute approximate surface area is 286 Å². The van der Waals surface area contributed by atoms with E-state index in [2.05, 4.69) is 46.4 Å². The Balaban J connectivity index is 1.16. The van der Waals surface area contributed by atoms with Crippen molar-refractivity contribution in [2.45, 2.75) is 151 Å². The second-order valence-corrected chi connectivity index (χ2v) is 19.5. The van der Waals surface area contributed by atoms with Gasteiger partial charge in [-0.25, -0.2) is 0 Å². The molecule has 7 aliphatic rings. The van der Waals surface area contributed by atoms with Gasteiger partial charge in [-0.05, 0) is 141 Å². The van der Waals surface area contributed by atoms with Crippen LogP contribution in [0.4, 0.5) is 0 Å². The number of ether oxygens (including phenoxy) is 3. The van der Waals surface area contributed by atoms with Crippen molar-refractivity contribution in [3.05, 3.63) is 0 Å². The van der Waals surface area contributed by atoms with Gasteiger partial charge in [0, 0.05) is 32.5 Å². The largest absolute Gasteiger partial charge is 0.462 e. The molecule has 1 amide bonds. The molecule has 6 heteroatoms. The van der Waals surface area contributed by atoms with Gasteiger partial charge in [-0.15, -0.1) is 0 Å². The van der Waals surface area contributed by atoms with E-state index in [1.54, 1.807) is 14.0 Å². The predicted octanol–water partition coefficient (Wildman–Crippen LogP) is 8.45. The van der Waals surface area contributed by atoms with Crippen molar-refractivity contribution in [2.24, 2.45) is 62.1 Å². The van der Waals surface area contributed by atoms with E-state index in [0.717, 1.165) is 51.6 Å². The highest BCUT2D eigenvalue weighted by atomic mass is 16.5. The van der Waals surface area contributed by atoms with Crippen LogP contribution in [0.3, 0.4) is 0 Å². The van der Waals surface area contributed by atoms with E-state index in [1.165, 1.54) is 51.4 Å². The number of esters is 1. The number of carbonyl (C=O) groups is 2. The van der Waals surface area contributed by atoms with E-state index in [0.29, 0.717) is 54.1 Å². The second-order valence-electron chi connectivity index (χ2n) is 19.5. The quantitative estimate of drug-likeness (QED) is 0.204. The normalized spacial score (nSPS) is 46.9. The smallest absolute Gasteiger partial charge is 0.302 e. The molecule has 47 heavy (non-hydrogen) atoms. The van der Waals surface area contributed by atoms with Crippen LogP contribution in [0, 0.1) is 62.1 Å². The van der Waals surface area contributed by atoms with E-state index >= 15 is 4.79 Å². The molecular weight excluding hydrogens is 586 g/mol. The van der Waals surface area contributed by atoms with E-state index in [4.69, 9.17) is 14.2 Å². The summed E-state index contributed by atoms with van der Waals surface area (Å²) < 4.78 is 17.3. The highest BCUT2D eigenvalue weighted by Crippen LogP contribution is 2.79. The zero-order valence-corrected chi connectivity index (χ0v) is 31.3. The fraction of sp³-hybridized carbons (Fsp3) is 0.951. The van der Waals surface area contributed by atoms with Gasteiger partial charge >= 0.3 is 5.97 Å². The van der Waals surface area contributed by atoms with Crippen LogP contribution in [-0.4, -0.2) is 62.4 Å². The summed E-state index contributed by atoms with van der Waals surface area (Å²) in [7, 11) is 1.73. The molecule has 266 valence electrons. The first kappa shape index (κ1) is 34.3. The highest BCUT2D eigenvalue weighted by molar-refractivity contribution is 5.84. The summed E-state index contributed by atoms with van der Waals surface area (Å²) >= 11 is 0. The first-order valence-electron chi connectivity index (χ1n) is 19.7. The minimum Gasteiger partial charge on any atom is -0.462 e. The summed E-state index contributed by atoms with van der Waals surface area (Å²) in [6, 6.07) is 0. The molecule has 0 aromatic carbocycles. The molecule has 0 bridgehead atoms. The lowest BCUT2D eigenvalue weighted by molar-refractivity contribution is -0.251. The summed E-state index contributed by atoms with van der Waals surface area (Å²) in [5.41, 5.74) is 1.05. The standard InChI is InChI=1S/C41H67NO5/c1-27(43)47-33-13-16-38(5)31(36(33,2)3)12-17-40(7)32(38)10-9-30-34-29(37(4)19-20-37)11-18-41(34,22-21-39(30,40)6)35(44)42-23-14-28(15-24-42)46-26-25-45-8/h28-34H,9-26H2,1-8H3. The number of rotatable bonds is 7. The summed E-state index contributed by atoms with van der Waals surface area (Å²) in [5, 5.41) is 0. The lowest BCUT2D eigenvalue weighted by Gasteiger charge is -2.73. The van der Waals surface area contributed by atoms with Gasteiger partial charge in [-0.3, -0.25) is 9.59 Å². The molecule has 7 rings (SSSR count). The third-order valence-corrected chi connectivity index (χ3v) is 17.4. The van der Waals surface area contributed by atoms with Gasteiger partial charge in [0.1, 0.15) is 6.10 Å². The fourth-order valence-electron chi connectivity index (χ4n) is 14.5. The van der Waals surface area contributed by atoms with E-state index < -0.39 is 0 Å². The van der Waals surface area contributed by atoms with E-state index in [-0.39, 0.29) is 45.3 Å². The Kier molecular flexibility index (Phi) is 8.55. The van der Waals surface area contributed by atoms with Gasteiger partial charge in [0.25, 0.3) is 0 Å². The number of piperidine rings is 1. The molecule has 0 spiro atoms. The first-order valence-corrected chi connectivity index (χ1v) is 19.7. The van der Waals surface area contributed by atoms with Crippen LogP contribution < -0.4 is 0 Å². The number of likely N-dealkylation sites (tertiary alicyclic amines) is 1. The van der Waals surface area contributed by atoms with Crippen LogP contribution in [-0.2, 0) is 23.8 Å². The Bertz CT molecular complexity index is 1220. The van der Waals surface area contributed by atoms with Crippen LogP contribution in [0.15, 0.2) is 0 Å². The average molecular weight is 654 g/mol. The maximum absolute atomic E-state index is 15.0. The summed E-state index contributed by atoms with van der Waals surface area (Å²) in [6.45, 7) is 20.0. The molecule has 0 aromatic rings. The molecule has 1 aliphatic heterocycles. The number of amides is 1. The maximum Gasteiger partial charge on any atom is 0.302 e. The van der Waals surface area contributed by atoms with Crippen LogP contribution in [0.5, 0.6) is 0 Å². The molecule has 0 radical (unpaired) electrons. The molecule has 1 saturated heterocycles. The van der Waals surface area contributed by atoms with Gasteiger partial charge in [-0.1, -0.05) is 41.5 Å². The van der Waals surface area contributed by atoms with Gasteiger partial charge < -0.3 is 19.1 Å². The Morgan fingerprint density at radius 1 is 0.702 bits per heavy atom. The van der Waals surface area contributed by atoms with Crippen molar-refractivity contribution in [3.8, 4) is 0 Å². The first-order chi connectivity index (χ1) is 22.2. The number of methoxy groups -OCH3 is 1. The lowest BCUT2D eigenvalue weighted by atomic mass is 9.32. The zero-order chi connectivity index (χ0) is 33.6. The fourth-order valence-corrected chi connectivity index (χ4v) is 14.5. The molecular formula is C41H67NO5. The van der Waals surface area contributed by atoms with E-state index in [1.807, 2.05) is 0 Å². The Hall–Kier alpha value is -1.14. The summed E-state index contributed by atoms with van der Waals surface area (Å²) in [6.07, 6.45) is 16.8. The maximum atomic E-state index is 15.0. The van der Waals surface area contributed by atoms with E-state index in [9.17, 15) is 4.79 Å². The third kappa shape index (κ3) is 5.04. The Morgan fingerprint density at radius 3 is 2.09 bits per heavy atom. The van der Waals surface area contributed by atoms with Crippen LogP contribution in [0.25, 0.3) is 0 Å². The van der Waals surface area contributed by atoms with Crippen LogP contribution in [0.2, 0.25) is 0 Å². The van der Waals surface area contributed by atoms with Crippen molar-refractivity contribution in [1.29, 1.82) is 0 Å². The SMILES string of the molecule is COCCOC1CCN(C(=O)C23CCC(C4(C)CC4)C2C2CCC4C5(C)CCC(OC(C)=O)C(C)(C)C5CCC4(C)C2(C)CC3)CC1. The topological polar surface area (TPSA) is 65.1 Å². The molecule has 10 unspecified atom stereocenters. The molecule has 6 saturated carbocycles. The van der Waals surface area contributed by atoms with Crippen molar-refractivity contribution in [1.82, 2.24) is 4.90 Å². The van der Waals surface area contributed by atoms with Crippen molar-refractivity contribution in [3.63, 3.8) is 0 Å². The summed E-state index contributed by atoms with van der Waals surface area (Å²) in [4.78, 5) is 29.4. The van der Waals surface area contributed by atoms with Crippen LogP contribution in [0.1, 0.15) is 138 Å². The molecule has 1 heterocycles. The van der Waals surface area contributed by atoms with Crippen LogP contribution >= 0.6 is 0 Å². The van der Waals surface area contributed by atoms with Crippen molar-refractivity contribution < 1.29 is 23.8 Å². The van der Waals surface area contributed by atoms with Crippen molar-refractivity contribution in [2.75, 3.05) is 33.4 Å². The predicted molar refractivity (Wildman–Crippen MR) is 184 cm³/mol. The van der Waals surface area contributed by atoms with Gasteiger partial charge in [0.05, 0.1) is 24.7 Å². The number of hydrogen-bond acceptors (Lipinski definition) is 5. The Morgan fingerprint density at radius 2 is 1.43 bits per heavy atom. The number of fused-ring (bicyclic) bond motifs is 7. The second kappa shape index (κ2) is 11.7.